The second-order valence-electron chi connectivity index (χ2n) is 7.81. The Bertz CT molecular complexity index is 344. The summed E-state index contributed by atoms with van der Waals surface area (Å²) in [4.78, 5) is 17.0. The quantitative estimate of drug-likeness (QED) is 0.571. The summed E-state index contributed by atoms with van der Waals surface area (Å²) in [5.41, 5.74) is 0. The van der Waals surface area contributed by atoms with E-state index in [-0.39, 0.29) is 16.9 Å². The third-order valence-electron chi connectivity index (χ3n) is 5.27. The number of carbonyl (C=O) groups is 1. The number of nitrogens with zero attached hydrogens (tertiary/aromatic N) is 1. The van der Waals surface area contributed by atoms with Crippen molar-refractivity contribution in [1.29, 1.82) is 0 Å². The van der Waals surface area contributed by atoms with E-state index in [0.717, 1.165) is 32.3 Å². The molecule has 1 rings (SSSR count). The largest absolute Gasteiger partial charge is 0.417 e. The van der Waals surface area contributed by atoms with Crippen LogP contribution in [-0.4, -0.2) is 40.1 Å². The molecule has 0 spiro atoms. The first-order valence-electron chi connectivity index (χ1n) is 8.04. The zero-order valence-corrected chi connectivity index (χ0v) is 15.9. The lowest BCUT2D eigenvalue weighted by molar-refractivity contribution is -0.174. The Morgan fingerprint density at radius 3 is 2.14 bits per heavy atom. The van der Waals surface area contributed by atoms with Gasteiger partial charge in [-0.25, -0.2) is 5.06 Å². The highest BCUT2D eigenvalue weighted by molar-refractivity contribution is 6.74. The van der Waals surface area contributed by atoms with Crippen molar-refractivity contribution in [2.45, 2.75) is 64.6 Å². The van der Waals surface area contributed by atoms with Crippen molar-refractivity contribution >= 4 is 14.2 Å². The van der Waals surface area contributed by atoms with Gasteiger partial charge in [-0.2, -0.15) is 0 Å². The average molecular weight is 316 g/mol. The minimum Gasteiger partial charge on any atom is -0.417 e. The summed E-state index contributed by atoms with van der Waals surface area (Å²) in [5, 5.41) is 1.62. The Morgan fingerprint density at radius 2 is 1.71 bits per heavy atom. The van der Waals surface area contributed by atoms with Crippen molar-refractivity contribution in [3.05, 3.63) is 0 Å². The fraction of sp³-hybridized carbons (Fsp3) is 0.938. The Morgan fingerprint density at radius 1 is 1.19 bits per heavy atom. The van der Waals surface area contributed by atoms with Gasteiger partial charge in [-0.15, -0.1) is 0 Å². The third kappa shape index (κ3) is 5.08. The molecule has 1 amide bonds. The van der Waals surface area contributed by atoms with Crippen molar-refractivity contribution in [2.75, 3.05) is 20.8 Å². The first kappa shape index (κ1) is 18.7. The molecule has 0 aliphatic heterocycles. The summed E-state index contributed by atoms with van der Waals surface area (Å²) < 4.78 is 6.32. The fourth-order valence-corrected chi connectivity index (χ4v) is 3.55. The van der Waals surface area contributed by atoms with E-state index in [1.807, 2.05) is 0 Å². The van der Waals surface area contributed by atoms with Crippen LogP contribution < -0.4 is 0 Å². The van der Waals surface area contributed by atoms with E-state index in [1.54, 1.807) is 7.05 Å². The molecule has 0 unspecified atom stereocenters. The van der Waals surface area contributed by atoms with Gasteiger partial charge in [-0.1, -0.05) is 20.8 Å². The van der Waals surface area contributed by atoms with Gasteiger partial charge in [-0.3, -0.25) is 9.63 Å². The van der Waals surface area contributed by atoms with Gasteiger partial charge in [0, 0.05) is 19.6 Å². The summed E-state index contributed by atoms with van der Waals surface area (Å²) in [7, 11) is 1.58. The molecule has 0 bridgehead atoms. The van der Waals surface area contributed by atoms with Crippen molar-refractivity contribution in [3.63, 3.8) is 0 Å². The zero-order chi connectivity index (χ0) is 16.3. The van der Waals surface area contributed by atoms with E-state index in [2.05, 4.69) is 33.9 Å². The molecular formula is C16H33NO3Si. The van der Waals surface area contributed by atoms with Crippen LogP contribution in [0.3, 0.4) is 0 Å². The molecule has 0 N–H and O–H groups in total. The van der Waals surface area contributed by atoms with Gasteiger partial charge < -0.3 is 4.43 Å². The van der Waals surface area contributed by atoms with E-state index in [1.165, 1.54) is 12.2 Å². The molecule has 1 saturated carbocycles. The highest BCUT2D eigenvalue weighted by Crippen LogP contribution is 2.38. The molecule has 0 aromatic rings. The Kier molecular flexibility index (Phi) is 6.44. The van der Waals surface area contributed by atoms with Crippen LogP contribution in [0.2, 0.25) is 18.1 Å². The van der Waals surface area contributed by atoms with E-state index in [4.69, 9.17) is 9.26 Å². The summed E-state index contributed by atoms with van der Waals surface area (Å²) in [5.74, 6) is 0.844. The van der Waals surface area contributed by atoms with Gasteiger partial charge in [0.05, 0.1) is 7.11 Å². The van der Waals surface area contributed by atoms with Gasteiger partial charge in [0.25, 0.3) is 0 Å². The number of amides is 1. The molecule has 5 heteroatoms. The number of hydroxylamine groups is 2. The Labute approximate surface area is 131 Å². The van der Waals surface area contributed by atoms with Gasteiger partial charge in [0.1, 0.15) is 0 Å². The lowest BCUT2D eigenvalue weighted by atomic mass is 9.82. The average Bonchev–Trinajstić information content (AvgIpc) is 2.43. The maximum Gasteiger partial charge on any atom is 0.248 e. The van der Waals surface area contributed by atoms with E-state index < -0.39 is 8.32 Å². The molecule has 0 saturated heterocycles. The van der Waals surface area contributed by atoms with Crippen LogP contribution in [0.25, 0.3) is 0 Å². The lowest BCUT2D eigenvalue weighted by Gasteiger charge is -2.38. The molecule has 4 nitrogen and oxygen atoms in total. The predicted molar refractivity (Wildman–Crippen MR) is 88.4 cm³/mol. The zero-order valence-electron chi connectivity index (χ0n) is 14.9. The molecule has 0 aromatic carbocycles. The standard InChI is InChI=1S/C16H33NO3Si/c1-16(2,3)21(6,7)20-12-13-8-10-14(11-9-13)15(18)17(4)19-5/h13-14H,8-12H2,1-7H3/t13-,14+. The maximum absolute atomic E-state index is 12.1. The number of hydrogen-bond acceptors (Lipinski definition) is 3. The second-order valence-corrected chi connectivity index (χ2v) is 12.6. The third-order valence-corrected chi connectivity index (χ3v) is 9.77. The van der Waals surface area contributed by atoms with Crippen LogP contribution in [0, 0.1) is 11.8 Å². The van der Waals surface area contributed by atoms with Crippen LogP contribution >= 0.6 is 0 Å². The molecule has 0 heterocycles. The molecule has 1 aliphatic carbocycles. The SMILES string of the molecule is CON(C)C(=O)[C@H]1CC[C@@H](CO[Si](C)(C)C(C)(C)C)CC1. The minimum atomic E-state index is -1.65. The molecule has 124 valence electrons. The van der Waals surface area contributed by atoms with Crippen molar-refractivity contribution in [1.82, 2.24) is 5.06 Å². The summed E-state index contributed by atoms with van der Waals surface area (Å²) in [6.07, 6.45) is 4.08. The first-order chi connectivity index (χ1) is 9.58. The summed E-state index contributed by atoms with van der Waals surface area (Å²) in [6.45, 7) is 12.3. The number of hydrogen-bond donors (Lipinski definition) is 0. The van der Waals surface area contributed by atoms with Gasteiger partial charge in [0.2, 0.25) is 5.91 Å². The van der Waals surface area contributed by atoms with Gasteiger partial charge >= 0.3 is 0 Å². The maximum atomic E-state index is 12.1. The van der Waals surface area contributed by atoms with Crippen molar-refractivity contribution < 1.29 is 14.1 Å². The molecule has 0 aromatic heterocycles. The fourth-order valence-electron chi connectivity index (χ4n) is 2.47. The van der Waals surface area contributed by atoms with E-state index >= 15 is 0 Å². The number of rotatable bonds is 5. The van der Waals surface area contributed by atoms with Gasteiger partial charge in [-0.05, 0) is 49.7 Å². The minimum absolute atomic E-state index is 0.112. The predicted octanol–water partition coefficient (Wildman–Crippen LogP) is 3.83. The van der Waals surface area contributed by atoms with Crippen molar-refractivity contribution in [3.8, 4) is 0 Å². The molecule has 1 aliphatic rings. The Hall–Kier alpha value is -0.393. The number of carbonyl (C=O) groups excluding carboxylic acids is 1. The van der Waals surface area contributed by atoms with Crippen LogP contribution in [0.5, 0.6) is 0 Å². The molecular weight excluding hydrogens is 282 g/mol. The van der Waals surface area contributed by atoms with E-state index in [0.29, 0.717) is 5.92 Å². The highest BCUT2D eigenvalue weighted by Gasteiger charge is 2.38. The smallest absolute Gasteiger partial charge is 0.248 e. The molecule has 0 atom stereocenters. The van der Waals surface area contributed by atoms with Crippen LogP contribution in [0.1, 0.15) is 46.5 Å². The van der Waals surface area contributed by atoms with Gasteiger partial charge in [0.15, 0.2) is 8.32 Å². The molecule has 21 heavy (non-hydrogen) atoms. The van der Waals surface area contributed by atoms with Crippen LogP contribution in [0.15, 0.2) is 0 Å². The molecule has 1 fully saturated rings. The normalized spacial score (nSPS) is 24.0. The first-order valence-corrected chi connectivity index (χ1v) is 10.9. The highest BCUT2D eigenvalue weighted by atomic mass is 28.4. The van der Waals surface area contributed by atoms with Crippen molar-refractivity contribution in [2.24, 2.45) is 11.8 Å². The van der Waals surface area contributed by atoms with Crippen LogP contribution in [0.4, 0.5) is 0 Å². The summed E-state index contributed by atoms with van der Waals surface area (Å²) in [6, 6.07) is 0. The lowest BCUT2D eigenvalue weighted by Crippen LogP contribution is -2.42. The Balaban J connectivity index is 2.39. The monoisotopic (exact) mass is 315 g/mol. The molecule has 0 radical (unpaired) electrons. The summed E-state index contributed by atoms with van der Waals surface area (Å²) >= 11 is 0. The topological polar surface area (TPSA) is 38.8 Å². The van der Waals surface area contributed by atoms with Crippen LogP contribution in [-0.2, 0) is 14.1 Å². The van der Waals surface area contributed by atoms with E-state index in [9.17, 15) is 4.79 Å². The second kappa shape index (κ2) is 7.25.